The summed E-state index contributed by atoms with van der Waals surface area (Å²) in [6.45, 7) is 3.00. The molecule has 0 radical (unpaired) electrons. The minimum Gasteiger partial charge on any atom is -0.453 e. The van der Waals surface area contributed by atoms with Crippen molar-refractivity contribution in [2.24, 2.45) is 0 Å². The van der Waals surface area contributed by atoms with Crippen LogP contribution in [0.3, 0.4) is 0 Å². The fourth-order valence-electron chi connectivity index (χ4n) is 0.741. The Bertz CT molecular complexity index is 307. The van der Waals surface area contributed by atoms with Crippen LogP contribution in [-0.2, 0) is 9.53 Å². The first kappa shape index (κ1) is 15.7. The molecule has 0 aliphatic heterocycles. The van der Waals surface area contributed by atoms with E-state index < -0.39 is 30.1 Å². The second-order valence-electron chi connectivity index (χ2n) is 2.98. The van der Waals surface area contributed by atoms with Gasteiger partial charge in [0.05, 0.1) is 0 Å². The molecule has 2 nitrogen and oxygen atoms in total. The lowest BCUT2D eigenvalue weighted by Crippen LogP contribution is -2.57. The van der Waals surface area contributed by atoms with Gasteiger partial charge in [0, 0.05) is 6.08 Å². The second kappa shape index (κ2) is 4.53. The summed E-state index contributed by atoms with van der Waals surface area (Å²) in [7, 11) is 0. The van der Waals surface area contributed by atoms with Gasteiger partial charge in [0.15, 0.2) is 6.10 Å². The molecule has 0 bridgehead atoms. The van der Waals surface area contributed by atoms with E-state index in [0.29, 0.717) is 6.08 Å². The zero-order valence-corrected chi connectivity index (χ0v) is 8.32. The van der Waals surface area contributed by atoms with Crippen molar-refractivity contribution in [3.8, 4) is 0 Å². The van der Waals surface area contributed by atoms with E-state index in [9.17, 15) is 35.5 Å². The third-order valence-electron chi connectivity index (χ3n) is 1.74. The van der Waals surface area contributed by atoms with Gasteiger partial charge in [-0.05, 0) is 6.92 Å². The molecule has 0 saturated carbocycles. The van der Waals surface area contributed by atoms with Gasteiger partial charge in [-0.1, -0.05) is 6.58 Å². The van der Waals surface area contributed by atoms with Crippen molar-refractivity contribution < 1.29 is 40.3 Å². The molecular weight excluding hydrogens is 261 g/mol. The van der Waals surface area contributed by atoms with Gasteiger partial charge in [0.2, 0.25) is 0 Å². The van der Waals surface area contributed by atoms with Crippen LogP contribution in [0.2, 0.25) is 0 Å². The quantitative estimate of drug-likeness (QED) is 0.445. The average molecular weight is 268 g/mol. The Morgan fingerprint density at radius 3 is 1.88 bits per heavy atom. The summed E-state index contributed by atoms with van der Waals surface area (Å²) in [4.78, 5) is 10.4. The summed E-state index contributed by atoms with van der Waals surface area (Å²) in [5, 5.41) is 0. The Morgan fingerprint density at radius 1 is 1.18 bits per heavy atom. The fraction of sp³-hybridized carbons (Fsp3) is 0.625. The molecular formula is C8H7F7O2. The highest BCUT2D eigenvalue weighted by atomic mass is 19.4. The highest BCUT2D eigenvalue weighted by Crippen LogP contribution is 2.48. The molecule has 0 aliphatic rings. The van der Waals surface area contributed by atoms with Crippen LogP contribution in [0.15, 0.2) is 12.7 Å². The SMILES string of the molecule is C=CC(=O)OC(C)C(F)(F)C(F)(F)C(F)(F)F. The number of carbonyl (C=O) groups excluding carboxylic acids is 1. The molecule has 0 amide bonds. The molecule has 0 N–H and O–H groups in total. The van der Waals surface area contributed by atoms with Crippen molar-refractivity contribution in [2.45, 2.75) is 31.0 Å². The molecule has 0 saturated heterocycles. The van der Waals surface area contributed by atoms with Gasteiger partial charge in [-0.2, -0.15) is 30.7 Å². The smallest absolute Gasteiger partial charge is 0.453 e. The Balaban J connectivity index is 5.12. The summed E-state index contributed by atoms with van der Waals surface area (Å²) in [5.74, 6) is -13.4. The number of alkyl halides is 7. The number of hydrogen-bond acceptors (Lipinski definition) is 2. The van der Waals surface area contributed by atoms with E-state index in [1.165, 1.54) is 0 Å². The molecule has 1 atom stereocenters. The van der Waals surface area contributed by atoms with Gasteiger partial charge in [-0.15, -0.1) is 0 Å². The predicted octanol–water partition coefficient (Wildman–Crippen LogP) is 2.94. The van der Waals surface area contributed by atoms with Crippen LogP contribution in [0, 0.1) is 0 Å². The molecule has 0 aliphatic carbocycles. The third kappa shape index (κ3) is 2.89. The number of esters is 1. The van der Waals surface area contributed by atoms with E-state index in [0.717, 1.165) is 0 Å². The van der Waals surface area contributed by atoms with Gasteiger partial charge >= 0.3 is 24.0 Å². The van der Waals surface area contributed by atoms with Crippen LogP contribution >= 0.6 is 0 Å². The molecule has 0 fully saturated rings. The van der Waals surface area contributed by atoms with E-state index in [1.54, 1.807) is 0 Å². The number of halogens is 7. The summed E-state index contributed by atoms with van der Waals surface area (Å²) in [5.41, 5.74) is 0. The largest absolute Gasteiger partial charge is 0.460 e. The van der Waals surface area contributed by atoms with Crippen LogP contribution in [0.4, 0.5) is 30.7 Å². The highest BCUT2D eigenvalue weighted by molar-refractivity contribution is 5.81. The van der Waals surface area contributed by atoms with Gasteiger partial charge in [-0.3, -0.25) is 0 Å². The Morgan fingerprint density at radius 2 is 1.59 bits per heavy atom. The molecule has 9 heteroatoms. The lowest BCUT2D eigenvalue weighted by molar-refractivity contribution is -0.369. The van der Waals surface area contributed by atoms with Crippen LogP contribution in [0.5, 0.6) is 0 Å². The lowest BCUT2D eigenvalue weighted by Gasteiger charge is -2.31. The van der Waals surface area contributed by atoms with Gasteiger partial charge < -0.3 is 4.74 Å². The number of ether oxygens (including phenoxy) is 1. The number of rotatable bonds is 4. The molecule has 0 aromatic heterocycles. The minimum absolute atomic E-state index is 0.223. The topological polar surface area (TPSA) is 26.3 Å². The summed E-state index contributed by atoms with van der Waals surface area (Å²) in [6, 6.07) is 0. The van der Waals surface area contributed by atoms with E-state index >= 15 is 0 Å². The zero-order chi connectivity index (χ0) is 14.1. The number of hydrogen-bond donors (Lipinski definition) is 0. The van der Waals surface area contributed by atoms with E-state index in [1.807, 2.05) is 0 Å². The monoisotopic (exact) mass is 268 g/mol. The third-order valence-corrected chi connectivity index (χ3v) is 1.74. The zero-order valence-electron chi connectivity index (χ0n) is 8.32. The molecule has 0 spiro atoms. The summed E-state index contributed by atoms with van der Waals surface area (Å²) >= 11 is 0. The van der Waals surface area contributed by atoms with E-state index in [2.05, 4.69) is 11.3 Å². The molecule has 0 rings (SSSR count). The molecule has 1 unspecified atom stereocenters. The van der Waals surface area contributed by atoms with Crippen LogP contribution in [-0.4, -0.2) is 30.1 Å². The van der Waals surface area contributed by atoms with E-state index in [-0.39, 0.29) is 6.92 Å². The standard InChI is InChI=1S/C8H7F7O2/c1-3-5(16)17-4(2)6(9,10)7(11,12)8(13,14)15/h3-4H,1H2,2H3. The Kier molecular flexibility index (Phi) is 4.19. The first-order valence-corrected chi connectivity index (χ1v) is 4.03. The van der Waals surface area contributed by atoms with Gasteiger partial charge in [-0.25, -0.2) is 4.79 Å². The van der Waals surface area contributed by atoms with Gasteiger partial charge in [0.1, 0.15) is 0 Å². The lowest BCUT2D eigenvalue weighted by atomic mass is 10.1. The first-order valence-electron chi connectivity index (χ1n) is 4.03. The van der Waals surface area contributed by atoms with Crippen molar-refractivity contribution in [1.29, 1.82) is 0 Å². The molecule has 0 aromatic rings. The minimum atomic E-state index is -6.45. The van der Waals surface area contributed by atoms with Crippen LogP contribution in [0.1, 0.15) is 6.92 Å². The Hall–Kier alpha value is -1.28. The fourth-order valence-corrected chi connectivity index (χ4v) is 0.741. The molecule has 0 heterocycles. The normalized spacial score (nSPS) is 15.3. The highest BCUT2D eigenvalue weighted by Gasteiger charge is 2.75. The summed E-state index contributed by atoms with van der Waals surface area (Å²) in [6.07, 6.45) is -9.05. The number of carbonyl (C=O) groups is 1. The summed E-state index contributed by atoms with van der Waals surface area (Å²) < 4.78 is 89.3. The van der Waals surface area contributed by atoms with Crippen molar-refractivity contribution >= 4 is 5.97 Å². The average Bonchev–Trinajstić information content (AvgIpc) is 2.15. The van der Waals surface area contributed by atoms with Crippen molar-refractivity contribution in [3.63, 3.8) is 0 Å². The maximum Gasteiger partial charge on any atom is 0.460 e. The van der Waals surface area contributed by atoms with Crippen LogP contribution in [0.25, 0.3) is 0 Å². The van der Waals surface area contributed by atoms with Crippen molar-refractivity contribution in [3.05, 3.63) is 12.7 Å². The maximum atomic E-state index is 12.8. The maximum absolute atomic E-state index is 12.8. The second-order valence-corrected chi connectivity index (χ2v) is 2.98. The first-order chi connectivity index (χ1) is 7.38. The molecule has 17 heavy (non-hydrogen) atoms. The van der Waals surface area contributed by atoms with E-state index in [4.69, 9.17) is 0 Å². The van der Waals surface area contributed by atoms with Crippen LogP contribution < -0.4 is 0 Å². The Labute approximate surface area is 91.0 Å². The molecule has 100 valence electrons. The van der Waals surface area contributed by atoms with Gasteiger partial charge in [0.25, 0.3) is 0 Å². The van der Waals surface area contributed by atoms with Crippen molar-refractivity contribution in [1.82, 2.24) is 0 Å². The van der Waals surface area contributed by atoms with Crippen molar-refractivity contribution in [2.75, 3.05) is 0 Å². The predicted molar refractivity (Wildman–Crippen MR) is 41.7 cm³/mol. The molecule has 0 aromatic carbocycles.